The Morgan fingerprint density at radius 2 is 1.81 bits per heavy atom. The predicted molar refractivity (Wildman–Crippen MR) is 108 cm³/mol. The molecule has 0 radical (unpaired) electrons. The third-order valence-corrected chi connectivity index (χ3v) is 5.98. The van der Waals surface area contributed by atoms with Crippen LogP contribution in [0.1, 0.15) is 35.3 Å². The van der Waals surface area contributed by atoms with Gasteiger partial charge in [0, 0.05) is 23.5 Å². The number of H-pyrrole nitrogens is 1. The molecular weight excluding hydrogens is 432 g/mol. The molecule has 4 nitrogen and oxygen atoms in total. The van der Waals surface area contributed by atoms with Crippen molar-refractivity contribution >= 4 is 17.5 Å². The molecule has 1 aliphatic carbocycles. The monoisotopic (exact) mass is 448 g/mol. The number of nitrogens with zero attached hydrogens (tertiary/aromatic N) is 1. The van der Waals surface area contributed by atoms with Crippen LogP contribution in [-0.4, -0.2) is 21.3 Å². The number of thioether (sulfide) groups is 1. The summed E-state index contributed by atoms with van der Waals surface area (Å²) < 4.78 is 51.8. The van der Waals surface area contributed by atoms with Gasteiger partial charge >= 0.3 is 5.51 Å². The lowest BCUT2D eigenvalue weighted by molar-refractivity contribution is -0.0329. The highest BCUT2D eigenvalue weighted by Crippen LogP contribution is 2.52. The van der Waals surface area contributed by atoms with Crippen LogP contribution in [0.3, 0.4) is 0 Å². The van der Waals surface area contributed by atoms with Crippen LogP contribution in [0.15, 0.2) is 64.3 Å². The van der Waals surface area contributed by atoms with Crippen LogP contribution in [0.25, 0.3) is 11.4 Å². The van der Waals surface area contributed by atoms with E-state index in [9.17, 15) is 27.2 Å². The van der Waals surface area contributed by atoms with Crippen molar-refractivity contribution in [3.05, 3.63) is 82.0 Å². The van der Waals surface area contributed by atoms with Gasteiger partial charge in [0.05, 0.1) is 4.90 Å². The zero-order chi connectivity index (χ0) is 22.2. The van der Waals surface area contributed by atoms with Gasteiger partial charge in [-0.05, 0) is 42.3 Å². The van der Waals surface area contributed by atoms with E-state index in [0.29, 0.717) is 24.0 Å². The number of alkyl halides is 3. The van der Waals surface area contributed by atoms with Crippen LogP contribution in [0.4, 0.5) is 17.6 Å². The van der Waals surface area contributed by atoms with Crippen LogP contribution < -0.4 is 5.56 Å². The Balaban J connectivity index is 1.57. The molecule has 0 atom stereocenters. The van der Waals surface area contributed by atoms with Crippen molar-refractivity contribution in [2.45, 2.75) is 35.1 Å². The van der Waals surface area contributed by atoms with Gasteiger partial charge in [0.25, 0.3) is 5.56 Å². The molecule has 9 heteroatoms. The molecule has 2 aromatic carbocycles. The van der Waals surface area contributed by atoms with Crippen LogP contribution >= 0.6 is 11.8 Å². The van der Waals surface area contributed by atoms with Gasteiger partial charge in [-0.2, -0.15) is 13.2 Å². The number of benzene rings is 2. The molecule has 0 aliphatic heterocycles. The molecule has 1 fully saturated rings. The smallest absolute Gasteiger partial charge is 0.306 e. The first-order valence-electron chi connectivity index (χ1n) is 9.41. The number of aromatic amines is 1. The predicted octanol–water partition coefficient (Wildman–Crippen LogP) is 5.49. The fourth-order valence-electron chi connectivity index (χ4n) is 3.49. The standard InChI is InChI=1S/C22H16F4N2O2S/c23-15-10-14(6-7-18(15)31-22(24,25)26)21(8-9-21)12-17(29)16-11-19(30)28-20(27-16)13-4-2-1-3-5-13/h1-7,10-11H,8-9,12H2,(H,27,28,30). The molecule has 1 aromatic heterocycles. The number of hydrogen-bond donors (Lipinski definition) is 1. The Kier molecular flexibility index (Phi) is 5.47. The summed E-state index contributed by atoms with van der Waals surface area (Å²) in [6, 6.07) is 13.6. The second kappa shape index (κ2) is 7.96. The first-order chi connectivity index (χ1) is 14.7. The lowest BCUT2D eigenvalue weighted by Crippen LogP contribution is -2.19. The number of rotatable bonds is 6. The summed E-state index contributed by atoms with van der Waals surface area (Å²) in [4.78, 5) is 31.3. The fourth-order valence-corrected chi connectivity index (χ4v) is 4.03. The minimum absolute atomic E-state index is 0.00130. The molecule has 0 amide bonds. The first-order valence-corrected chi connectivity index (χ1v) is 10.2. The Labute approximate surface area is 178 Å². The molecule has 4 rings (SSSR count). The summed E-state index contributed by atoms with van der Waals surface area (Å²) in [5, 5.41) is 0. The highest BCUT2D eigenvalue weighted by atomic mass is 32.2. The van der Waals surface area contributed by atoms with Crippen LogP contribution in [0, 0.1) is 5.82 Å². The van der Waals surface area contributed by atoms with Gasteiger partial charge in [-0.25, -0.2) is 9.37 Å². The average molecular weight is 448 g/mol. The highest BCUT2D eigenvalue weighted by molar-refractivity contribution is 8.00. The molecule has 160 valence electrons. The van der Waals surface area contributed by atoms with Gasteiger partial charge in [-0.15, -0.1) is 0 Å². The van der Waals surface area contributed by atoms with E-state index in [4.69, 9.17) is 0 Å². The summed E-state index contributed by atoms with van der Waals surface area (Å²) in [6.45, 7) is 0. The molecule has 0 spiro atoms. The minimum Gasteiger partial charge on any atom is -0.306 e. The van der Waals surface area contributed by atoms with E-state index < -0.39 is 39.0 Å². The lowest BCUT2D eigenvalue weighted by Gasteiger charge is -2.16. The van der Waals surface area contributed by atoms with Crippen molar-refractivity contribution in [1.29, 1.82) is 0 Å². The van der Waals surface area contributed by atoms with Gasteiger partial charge in [-0.1, -0.05) is 36.4 Å². The molecule has 0 bridgehead atoms. The molecule has 31 heavy (non-hydrogen) atoms. The summed E-state index contributed by atoms with van der Waals surface area (Å²) in [6.07, 6.45) is 1.18. The molecule has 1 saturated carbocycles. The summed E-state index contributed by atoms with van der Waals surface area (Å²) in [5.41, 5.74) is -4.59. The van der Waals surface area contributed by atoms with Gasteiger partial charge in [0.2, 0.25) is 0 Å². The van der Waals surface area contributed by atoms with E-state index in [1.54, 1.807) is 24.3 Å². The van der Waals surface area contributed by atoms with E-state index in [1.807, 2.05) is 6.07 Å². The Bertz CT molecular complexity index is 1190. The number of hydrogen-bond acceptors (Lipinski definition) is 4. The number of halogens is 4. The van der Waals surface area contributed by atoms with Crippen molar-refractivity contribution < 1.29 is 22.4 Å². The normalized spacial score (nSPS) is 15.0. The Morgan fingerprint density at radius 3 is 2.42 bits per heavy atom. The number of carbonyl (C=O) groups is 1. The maximum Gasteiger partial charge on any atom is 0.446 e. The van der Waals surface area contributed by atoms with Crippen LogP contribution in [0.2, 0.25) is 0 Å². The van der Waals surface area contributed by atoms with E-state index in [0.717, 1.165) is 18.2 Å². The number of aromatic nitrogens is 2. The third kappa shape index (κ3) is 4.87. The van der Waals surface area contributed by atoms with E-state index in [2.05, 4.69) is 9.97 Å². The largest absolute Gasteiger partial charge is 0.446 e. The SMILES string of the molecule is O=C(CC1(c2ccc(SC(F)(F)F)c(F)c2)CC1)c1cc(=O)[nH]c(-c2ccccc2)n1. The van der Waals surface area contributed by atoms with Crippen LogP contribution in [0.5, 0.6) is 0 Å². The van der Waals surface area contributed by atoms with Gasteiger partial charge in [-0.3, -0.25) is 9.59 Å². The number of ketones is 1. The molecule has 1 N–H and O–H groups in total. The first kappa shape index (κ1) is 21.3. The molecule has 0 saturated heterocycles. The Hall–Kier alpha value is -2.94. The molecule has 1 heterocycles. The topological polar surface area (TPSA) is 62.8 Å². The molecule has 3 aromatic rings. The van der Waals surface area contributed by atoms with Gasteiger partial charge < -0.3 is 4.98 Å². The van der Waals surface area contributed by atoms with Crippen molar-refractivity contribution in [1.82, 2.24) is 9.97 Å². The second-order valence-electron chi connectivity index (χ2n) is 7.42. The lowest BCUT2D eigenvalue weighted by atomic mass is 9.89. The molecule has 0 unspecified atom stereocenters. The maximum atomic E-state index is 14.2. The van der Waals surface area contributed by atoms with E-state index >= 15 is 0 Å². The Morgan fingerprint density at radius 1 is 1.10 bits per heavy atom. The van der Waals surface area contributed by atoms with Crippen LogP contribution in [-0.2, 0) is 5.41 Å². The van der Waals surface area contributed by atoms with Gasteiger partial charge in [0.15, 0.2) is 5.78 Å². The number of Topliss-reactive ketones (excluding diaryl/α,β-unsaturated/α-hetero) is 1. The molecule has 1 aliphatic rings. The zero-order valence-corrected chi connectivity index (χ0v) is 16.8. The fraction of sp³-hybridized carbons (Fsp3) is 0.227. The van der Waals surface area contributed by atoms with E-state index in [-0.39, 0.29) is 23.7 Å². The zero-order valence-electron chi connectivity index (χ0n) is 16.0. The summed E-state index contributed by atoms with van der Waals surface area (Å²) in [5.74, 6) is -1.09. The van der Waals surface area contributed by atoms with Crippen molar-refractivity contribution in [3.63, 3.8) is 0 Å². The van der Waals surface area contributed by atoms with Crippen molar-refractivity contribution in [2.24, 2.45) is 0 Å². The molecular formula is C22H16F4N2O2S. The maximum absolute atomic E-state index is 14.2. The number of nitrogens with one attached hydrogen (secondary N) is 1. The second-order valence-corrected chi connectivity index (χ2v) is 8.53. The average Bonchev–Trinajstić information content (AvgIpc) is 3.49. The minimum atomic E-state index is -4.59. The van der Waals surface area contributed by atoms with E-state index in [1.165, 1.54) is 6.07 Å². The van der Waals surface area contributed by atoms with Crippen molar-refractivity contribution in [3.8, 4) is 11.4 Å². The highest BCUT2D eigenvalue weighted by Gasteiger charge is 2.46. The summed E-state index contributed by atoms with van der Waals surface area (Å²) >= 11 is -0.511. The number of carbonyl (C=O) groups excluding carboxylic acids is 1. The van der Waals surface area contributed by atoms with Crippen molar-refractivity contribution in [2.75, 3.05) is 0 Å². The quantitative estimate of drug-likeness (QED) is 0.308. The third-order valence-electron chi connectivity index (χ3n) is 5.20. The van der Waals surface area contributed by atoms with Gasteiger partial charge in [0.1, 0.15) is 17.3 Å². The summed E-state index contributed by atoms with van der Waals surface area (Å²) in [7, 11) is 0.